The van der Waals surface area contributed by atoms with Crippen molar-refractivity contribution in [1.82, 2.24) is 20.1 Å². The molecule has 0 radical (unpaired) electrons. The lowest BCUT2D eigenvalue weighted by Gasteiger charge is -1.99. The molecule has 1 amide bonds. The Morgan fingerprint density at radius 1 is 1.55 bits per heavy atom. The molecule has 0 atom stereocenters. The summed E-state index contributed by atoms with van der Waals surface area (Å²) in [5.74, 6) is 0.393. The standard InChI is InChI=1S/C13H12N4O2S/c1-17-7-9(5-15-17)12(18)14-6-10-8-19-13(16-10)11-3-2-4-20-11/h2-5,7-8H,6H2,1H3,(H,14,18). The van der Waals surface area contributed by atoms with Crippen LogP contribution in [0.3, 0.4) is 0 Å². The third-order valence-corrected chi connectivity index (χ3v) is 3.54. The van der Waals surface area contributed by atoms with E-state index in [4.69, 9.17) is 4.42 Å². The molecule has 20 heavy (non-hydrogen) atoms. The lowest BCUT2D eigenvalue weighted by molar-refractivity contribution is 0.0950. The normalized spacial score (nSPS) is 10.7. The number of hydrogen-bond acceptors (Lipinski definition) is 5. The van der Waals surface area contributed by atoms with Crippen molar-refractivity contribution in [2.45, 2.75) is 6.54 Å². The highest BCUT2D eigenvalue weighted by molar-refractivity contribution is 7.13. The first kappa shape index (κ1) is 12.6. The second kappa shape index (κ2) is 5.30. The summed E-state index contributed by atoms with van der Waals surface area (Å²) in [4.78, 5) is 17.1. The van der Waals surface area contributed by atoms with Crippen molar-refractivity contribution >= 4 is 17.2 Å². The van der Waals surface area contributed by atoms with Crippen molar-refractivity contribution in [2.24, 2.45) is 7.05 Å². The fourth-order valence-electron chi connectivity index (χ4n) is 1.71. The first-order chi connectivity index (χ1) is 9.72. The van der Waals surface area contributed by atoms with Gasteiger partial charge in [-0.3, -0.25) is 9.48 Å². The Bertz CT molecular complexity index is 714. The van der Waals surface area contributed by atoms with E-state index in [1.165, 1.54) is 6.20 Å². The zero-order valence-electron chi connectivity index (χ0n) is 10.7. The minimum absolute atomic E-state index is 0.182. The largest absolute Gasteiger partial charge is 0.443 e. The van der Waals surface area contributed by atoms with E-state index in [-0.39, 0.29) is 5.91 Å². The Labute approximate surface area is 119 Å². The first-order valence-corrected chi connectivity index (χ1v) is 6.85. The first-order valence-electron chi connectivity index (χ1n) is 5.97. The van der Waals surface area contributed by atoms with Gasteiger partial charge in [0, 0.05) is 13.2 Å². The van der Waals surface area contributed by atoms with Crippen LogP contribution in [0.5, 0.6) is 0 Å². The molecule has 0 aliphatic carbocycles. The van der Waals surface area contributed by atoms with Gasteiger partial charge in [0.25, 0.3) is 5.91 Å². The molecule has 3 heterocycles. The average Bonchev–Trinajstić information content (AvgIpc) is 3.16. The number of oxazole rings is 1. The molecule has 6 nitrogen and oxygen atoms in total. The predicted molar refractivity (Wildman–Crippen MR) is 74.2 cm³/mol. The number of aryl methyl sites for hydroxylation is 1. The number of rotatable bonds is 4. The van der Waals surface area contributed by atoms with Gasteiger partial charge in [-0.1, -0.05) is 6.07 Å². The third kappa shape index (κ3) is 2.62. The van der Waals surface area contributed by atoms with E-state index in [0.717, 1.165) is 4.88 Å². The molecular weight excluding hydrogens is 276 g/mol. The maximum absolute atomic E-state index is 11.8. The highest BCUT2D eigenvalue weighted by atomic mass is 32.1. The van der Waals surface area contributed by atoms with Crippen molar-refractivity contribution in [3.8, 4) is 10.8 Å². The molecule has 0 saturated heterocycles. The number of nitrogens with zero attached hydrogens (tertiary/aromatic N) is 3. The van der Waals surface area contributed by atoms with E-state index in [0.29, 0.717) is 23.7 Å². The molecule has 3 rings (SSSR count). The number of hydrogen-bond donors (Lipinski definition) is 1. The van der Waals surface area contributed by atoms with Crippen LogP contribution in [0.4, 0.5) is 0 Å². The van der Waals surface area contributed by atoms with E-state index in [2.05, 4.69) is 15.4 Å². The lowest BCUT2D eigenvalue weighted by atomic mass is 10.3. The maximum atomic E-state index is 11.8. The van der Waals surface area contributed by atoms with E-state index < -0.39 is 0 Å². The second-order valence-electron chi connectivity index (χ2n) is 4.21. The Morgan fingerprint density at radius 3 is 3.15 bits per heavy atom. The van der Waals surface area contributed by atoms with Crippen molar-refractivity contribution in [3.63, 3.8) is 0 Å². The number of carbonyl (C=O) groups excluding carboxylic acids is 1. The number of amides is 1. The van der Waals surface area contributed by atoms with Crippen LogP contribution in [0.2, 0.25) is 0 Å². The highest BCUT2D eigenvalue weighted by Crippen LogP contribution is 2.23. The van der Waals surface area contributed by atoms with Crippen LogP contribution in [0.1, 0.15) is 16.1 Å². The monoisotopic (exact) mass is 288 g/mol. The van der Waals surface area contributed by atoms with E-state index in [1.807, 2.05) is 17.5 Å². The summed E-state index contributed by atoms with van der Waals surface area (Å²) >= 11 is 1.56. The molecule has 0 spiro atoms. The molecule has 102 valence electrons. The smallest absolute Gasteiger partial charge is 0.254 e. The number of carbonyl (C=O) groups is 1. The van der Waals surface area contributed by atoms with Crippen LogP contribution >= 0.6 is 11.3 Å². The van der Waals surface area contributed by atoms with Gasteiger partial charge in [-0.2, -0.15) is 5.10 Å². The Balaban J connectivity index is 1.63. The zero-order chi connectivity index (χ0) is 13.9. The van der Waals surface area contributed by atoms with Gasteiger partial charge in [0.2, 0.25) is 5.89 Å². The third-order valence-electron chi connectivity index (χ3n) is 2.68. The molecule has 3 aromatic heterocycles. The Morgan fingerprint density at radius 2 is 2.45 bits per heavy atom. The Kier molecular flexibility index (Phi) is 3.34. The van der Waals surface area contributed by atoms with Crippen LogP contribution in [0.25, 0.3) is 10.8 Å². The van der Waals surface area contributed by atoms with Gasteiger partial charge in [0.05, 0.1) is 28.9 Å². The molecule has 0 saturated carbocycles. The maximum Gasteiger partial charge on any atom is 0.254 e. The van der Waals surface area contributed by atoms with Crippen molar-refractivity contribution in [1.29, 1.82) is 0 Å². The van der Waals surface area contributed by atoms with Crippen LogP contribution in [0.15, 0.2) is 40.6 Å². The van der Waals surface area contributed by atoms with Crippen LogP contribution < -0.4 is 5.32 Å². The molecule has 0 bridgehead atoms. The summed E-state index contributed by atoms with van der Waals surface area (Å²) in [6, 6.07) is 3.88. The molecule has 7 heteroatoms. The summed E-state index contributed by atoms with van der Waals surface area (Å²) in [7, 11) is 1.77. The quantitative estimate of drug-likeness (QED) is 0.797. The van der Waals surface area contributed by atoms with Gasteiger partial charge in [0.15, 0.2) is 0 Å². The van der Waals surface area contributed by atoms with Gasteiger partial charge in [0.1, 0.15) is 6.26 Å². The molecule has 0 unspecified atom stereocenters. The number of aromatic nitrogens is 3. The Hall–Kier alpha value is -2.41. The van der Waals surface area contributed by atoms with E-state index >= 15 is 0 Å². The average molecular weight is 288 g/mol. The second-order valence-corrected chi connectivity index (χ2v) is 5.15. The molecule has 0 aliphatic rings. The van der Waals surface area contributed by atoms with Crippen LogP contribution in [-0.2, 0) is 13.6 Å². The van der Waals surface area contributed by atoms with Crippen LogP contribution in [0, 0.1) is 0 Å². The van der Waals surface area contributed by atoms with Crippen molar-refractivity contribution < 1.29 is 9.21 Å². The zero-order valence-corrected chi connectivity index (χ0v) is 11.6. The molecule has 3 aromatic rings. The van der Waals surface area contributed by atoms with Gasteiger partial charge in [-0.25, -0.2) is 4.98 Å². The fraction of sp³-hybridized carbons (Fsp3) is 0.154. The summed E-state index contributed by atoms with van der Waals surface area (Å²) in [6.07, 6.45) is 4.74. The van der Waals surface area contributed by atoms with Gasteiger partial charge in [-0.05, 0) is 11.4 Å². The summed E-state index contributed by atoms with van der Waals surface area (Å²) < 4.78 is 6.97. The minimum Gasteiger partial charge on any atom is -0.443 e. The number of thiophene rings is 1. The van der Waals surface area contributed by atoms with E-state index in [1.54, 1.807) is 35.5 Å². The molecule has 1 N–H and O–H groups in total. The van der Waals surface area contributed by atoms with Crippen LogP contribution in [-0.4, -0.2) is 20.7 Å². The van der Waals surface area contributed by atoms with Gasteiger partial charge >= 0.3 is 0 Å². The van der Waals surface area contributed by atoms with E-state index in [9.17, 15) is 4.79 Å². The SMILES string of the molecule is Cn1cc(C(=O)NCc2coc(-c3cccs3)n2)cn1. The van der Waals surface area contributed by atoms with Gasteiger partial charge < -0.3 is 9.73 Å². The topological polar surface area (TPSA) is 73.0 Å². The van der Waals surface area contributed by atoms with Crippen molar-refractivity contribution in [3.05, 3.63) is 47.4 Å². The summed E-state index contributed by atoms with van der Waals surface area (Å²) in [5, 5.41) is 8.69. The molecular formula is C13H12N4O2S. The highest BCUT2D eigenvalue weighted by Gasteiger charge is 2.10. The molecule has 0 aliphatic heterocycles. The van der Waals surface area contributed by atoms with Crippen molar-refractivity contribution in [2.75, 3.05) is 0 Å². The number of nitrogens with one attached hydrogen (secondary N) is 1. The summed E-state index contributed by atoms with van der Waals surface area (Å²) in [6.45, 7) is 0.322. The fourth-order valence-corrected chi connectivity index (χ4v) is 2.37. The minimum atomic E-state index is -0.182. The summed E-state index contributed by atoms with van der Waals surface area (Å²) in [5.41, 5.74) is 1.21. The molecule has 0 aromatic carbocycles. The predicted octanol–water partition coefficient (Wildman–Crippen LogP) is 2.07. The van der Waals surface area contributed by atoms with Gasteiger partial charge in [-0.15, -0.1) is 11.3 Å². The lowest BCUT2D eigenvalue weighted by Crippen LogP contribution is -2.22. The molecule has 0 fully saturated rings.